The minimum absolute atomic E-state index is 0.162. The highest BCUT2D eigenvalue weighted by molar-refractivity contribution is 6.21. The highest BCUT2D eigenvalue weighted by Crippen LogP contribution is 2.33. The maximum atomic E-state index is 13.1. The summed E-state index contributed by atoms with van der Waals surface area (Å²) in [4.78, 5) is 42.9. The van der Waals surface area contributed by atoms with Crippen molar-refractivity contribution in [1.82, 2.24) is 5.06 Å². The van der Waals surface area contributed by atoms with Crippen LogP contribution in [0.2, 0.25) is 0 Å². The summed E-state index contributed by atoms with van der Waals surface area (Å²) in [6, 6.07) is 12.0. The Labute approximate surface area is 154 Å². The van der Waals surface area contributed by atoms with E-state index >= 15 is 0 Å². The van der Waals surface area contributed by atoms with Crippen molar-refractivity contribution in [3.8, 4) is 0 Å². The highest BCUT2D eigenvalue weighted by atomic mass is 19.1. The third-order valence-electron chi connectivity index (χ3n) is 4.81. The van der Waals surface area contributed by atoms with Crippen molar-refractivity contribution in [1.29, 1.82) is 0 Å². The van der Waals surface area contributed by atoms with Crippen molar-refractivity contribution in [2.24, 2.45) is 0 Å². The van der Waals surface area contributed by atoms with Crippen LogP contribution in [0.3, 0.4) is 0 Å². The molecule has 2 aliphatic rings. The van der Waals surface area contributed by atoms with Gasteiger partial charge < -0.3 is 9.57 Å². The van der Waals surface area contributed by atoms with Crippen LogP contribution in [0.5, 0.6) is 0 Å². The normalized spacial score (nSPS) is 21.4. The first-order valence-electron chi connectivity index (χ1n) is 8.59. The average Bonchev–Trinajstić information content (AvgIpc) is 3.24. The SMILES string of the molecule is O=C1c2ccccc2C(=O)N1OC(=O)C1(Cc2ccc(F)cc2)CCCO1. The maximum absolute atomic E-state index is 13.1. The monoisotopic (exact) mass is 369 g/mol. The summed E-state index contributed by atoms with van der Waals surface area (Å²) in [5, 5.41) is 0.487. The topological polar surface area (TPSA) is 72.9 Å². The third-order valence-corrected chi connectivity index (χ3v) is 4.81. The summed E-state index contributed by atoms with van der Waals surface area (Å²) in [5.41, 5.74) is -0.240. The Kier molecular flexibility index (Phi) is 4.24. The van der Waals surface area contributed by atoms with Gasteiger partial charge in [-0.05, 0) is 42.7 Å². The van der Waals surface area contributed by atoms with Crippen LogP contribution in [0.25, 0.3) is 0 Å². The molecule has 4 rings (SSSR count). The minimum Gasteiger partial charge on any atom is -0.363 e. The van der Waals surface area contributed by atoms with Crippen LogP contribution in [0.4, 0.5) is 4.39 Å². The lowest BCUT2D eigenvalue weighted by molar-refractivity contribution is -0.191. The van der Waals surface area contributed by atoms with E-state index in [0.717, 1.165) is 0 Å². The van der Waals surface area contributed by atoms with Crippen LogP contribution < -0.4 is 0 Å². The van der Waals surface area contributed by atoms with E-state index in [1.54, 1.807) is 24.3 Å². The molecule has 0 N–H and O–H groups in total. The molecular formula is C20H16FNO5. The Hall–Kier alpha value is -3.06. The molecule has 0 bridgehead atoms. The Bertz CT molecular complexity index is 883. The summed E-state index contributed by atoms with van der Waals surface area (Å²) in [7, 11) is 0. The lowest BCUT2D eigenvalue weighted by atomic mass is 9.91. The lowest BCUT2D eigenvalue weighted by Gasteiger charge is -2.27. The predicted molar refractivity (Wildman–Crippen MR) is 91.1 cm³/mol. The average molecular weight is 369 g/mol. The molecule has 27 heavy (non-hydrogen) atoms. The molecule has 7 heteroatoms. The molecule has 6 nitrogen and oxygen atoms in total. The number of fused-ring (bicyclic) bond motifs is 1. The van der Waals surface area contributed by atoms with Crippen molar-refractivity contribution in [2.75, 3.05) is 6.61 Å². The molecule has 2 aliphatic heterocycles. The zero-order valence-electron chi connectivity index (χ0n) is 14.3. The number of nitrogens with zero attached hydrogens (tertiary/aromatic N) is 1. The number of hydrogen-bond donors (Lipinski definition) is 0. The number of imide groups is 1. The van der Waals surface area contributed by atoms with Crippen molar-refractivity contribution in [3.63, 3.8) is 0 Å². The zero-order chi connectivity index (χ0) is 19.0. The first-order valence-corrected chi connectivity index (χ1v) is 8.59. The third kappa shape index (κ3) is 3.00. The maximum Gasteiger partial charge on any atom is 0.365 e. The minimum atomic E-state index is -1.31. The van der Waals surface area contributed by atoms with Gasteiger partial charge >= 0.3 is 5.97 Å². The van der Waals surface area contributed by atoms with Gasteiger partial charge in [-0.25, -0.2) is 9.18 Å². The van der Waals surface area contributed by atoms with Crippen molar-refractivity contribution in [2.45, 2.75) is 24.9 Å². The van der Waals surface area contributed by atoms with E-state index in [-0.39, 0.29) is 23.4 Å². The predicted octanol–water partition coefficient (Wildman–Crippen LogP) is 2.67. The van der Waals surface area contributed by atoms with E-state index in [1.165, 1.54) is 24.3 Å². The van der Waals surface area contributed by atoms with Gasteiger partial charge in [0.25, 0.3) is 11.8 Å². The molecule has 138 valence electrons. The van der Waals surface area contributed by atoms with Crippen LogP contribution in [-0.4, -0.2) is 35.1 Å². The van der Waals surface area contributed by atoms with Gasteiger partial charge in [-0.3, -0.25) is 9.59 Å². The second-order valence-corrected chi connectivity index (χ2v) is 6.58. The molecule has 0 spiro atoms. The van der Waals surface area contributed by atoms with Crippen LogP contribution in [0.15, 0.2) is 48.5 Å². The van der Waals surface area contributed by atoms with Crippen molar-refractivity contribution in [3.05, 3.63) is 71.0 Å². The number of amides is 2. The molecule has 2 aromatic rings. The van der Waals surface area contributed by atoms with Gasteiger partial charge in [-0.1, -0.05) is 29.3 Å². The van der Waals surface area contributed by atoms with Gasteiger partial charge in [0.05, 0.1) is 11.1 Å². The fourth-order valence-electron chi connectivity index (χ4n) is 3.42. The summed E-state index contributed by atoms with van der Waals surface area (Å²) >= 11 is 0. The van der Waals surface area contributed by atoms with E-state index in [4.69, 9.17) is 9.57 Å². The molecule has 2 aromatic carbocycles. The van der Waals surface area contributed by atoms with Gasteiger partial charge in [0, 0.05) is 13.0 Å². The van der Waals surface area contributed by atoms with Gasteiger partial charge in [0.1, 0.15) is 5.82 Å². The van der Waals surface area contributed by atoms with Crippen LogP contribution >= 0.6 is 0 Å². The first-order chi connectivity index (χ1) is 13.0. The second kappa shape index (κ2) is 6.59. The van der Waals surface area contributed by atoms with Crippen LogP contribution in [0, 0.1) is 5.82 Å². The highest BCUT2D eigenvalue weighted by Gasteiger charge is 2.48. The molecular weight excluding hydrogens is 353 g/mol. The number of hydroxylamine groups is 2. The number of benzene rings is 2. The lowest BCUT2D eigenvalue weighted by Crippen LogP contribution is -2.46. The Morgan fingerprint density at radius 1 is 1.07 bits per heavy atom. The summed E-state index contributed by atoms with van der Waals surface area (Å²) in [6.07, 6.45) is 1.18. The summed E-state index contributed by atoms with van der Waals surface area (Å²) < 4.78 is 18.8. The fourth-order valence-corrected chi connectivity index (χ4v) is 3.42. The number of carbonyl (C=O) groups excluding carboxylic acids is 3. The van der Waals surface area contributed by atoms with Gasteiger partial charge in [-0.15, -0.1) is 0 Å². The van der Waals surface area contributed by atoms with Crippen molar-refractivity contribution < 1.29 is 28.3 Å². The standard InChI is InChI=1S/C20H16FNO5/c21-14-8-6-13(7-9-14)12-20(10-3-11-26-20)19(25)27-22-17(23)15-4-1-2-5-16(15)18(22)24/h1-2,4-9H,3,10-12H2. The van der Waals surface area contributed by atoms with E-state index < -0.39 is 23.4 Å². The Balaban J connectivity index is 1.56. The van der Waals surface area contributed by atoms with Gasteiger partial charge in [0.2, 0.25) is 0 Å². The van der Waals surface area contributed by atoms with Crippen molar-refractivity contribution >= 4 is 17.8 Å². The smallest absolute Gasteiger partial charge is 0.363 e. The molecule has 0 aliphatic carbocycles. The molecule has 2 heterocycles. The Morgan fingerprint density at radius 3 is 2.26 bits per heavy atom. The number of carbonyl (C=O) groups is 3. The van der Waals surface area contributed by atoms with E-state index in [1.807, 2.05) is 0 Å². The quantitative estimate of drug-likeness (QED) is 0.775. The molecule has 1 saturated heterocycles. The largest absolute Gasteiger partial charge is 0.365 e. The number of halogens is 1. The molecule has 1 atom stereocenters. The number of rotatable bonds is 4. The molecule has 0 radical (unpaired) electrons. The molecule has 2 amide bonds. The second-order valence-electron chi connectivity index (χ2n) is 6.58. The first kappa shape index (κ1) is 17.4. The van der Waals surface area contributed by atoms with E-state index in [2.05, 4.69) is 0 Å². The summed E-state index contributed by atoms with van der Waals surface area (Å²) in [6.45, 7) is 0.360. The molecule has 1 unspecified atom stereocenters. The number of ether oxygens (including phenoxy) is 1. The molecule has 0 saturated carbocycles. The fraction of sp³-hybridized carbons (Fsp3) is 0.250. The van der Waals surface area contributed by atoms with Crippen LogP contribution in [-0.2, 0) is 20.8 Å². The van der Waals surface area contributed by atoms with Gasteiger partial charge in [-0.2, -0.15) is 0 Å². The molecule has 0 aromatic heterocycles. The van der Waals surface area contributed by atoms with Crippen LogP contribution in [0.1, 0.15) is 39.1 Å². The Morgan fingerprint density at radius 2 is 1.70 bits per heavy atom. The molecule has 1 fully saturated rings. The van der Waals surface area contributed by atoms with E-state index in [0.29, 0.717) is 30.1 Å². The van der Waals surface area contributed by atoms with Gasteiger partial charge in [0.15, 0.2) is 5.60 Å². The summed E-state index contributed by atoms with van der Waals surface area (Å²) in [5.74, 6) is -2.55. The zero-order valence-corrected chi connectivity index (χ0v) is 14.3. The number of hydrogen-bond acceptors (Lipinski definition) is 5. The van der Waals surface area contributed by atoms with E-state index in [9.17, 15) is 18.8 Å².